The van der Waals surface area contributed by atoms with Gasteiger partial charge in [0.15, 0.2) is 0 Å². The Morgan fingerprint density at radius 1 is 1.10 bits per heavy atom. The van der Waals surface area contributed by atoms with E-state index in [4.69, 9.17) is 9.52 Å². The molecule has 4 rings (SSSR count). The van der Waals surface area contributed by atoms with Crippen LogP contribution in [-0.4, -0.2) is 31.7 Å². The van der Waals surface area contributed by atoms with Gasteiger partial charge in [0.1, 0.15) is 31.4 Å². The number of benzene rings is 2. The third-order valence-corrected chi connectivity index (χ3v) is 7.92. The van der Waals surface area contributed by atoms with Crippen molar-refractivity contribution in [3.8, 4) is 11.3 Å². The molecule has 0 fully saturated rings. The van der Waals surface area contributed by atoms with Gasteiger partial charge >= 0.3 is 5.97 Å². The molecule has 0 atom stereocenters. The van der Waals surface area contributed by atoms with Crippen molar-refractivity contribution in [2.45, 2.75) is 78.1 Å². The molecule has 0 aromatic heterocycles. The van der Waals surface area contributed by atoms with E-state index in [0.717, 1.165) is 57.7 Å². The fourth-order valence-electron chi connectivity index (χ4n) is 5.56. The maximum Gasteiger partial charge on any atom is 0.303 e. The number of aryl methyl sites for hydroxylation is 1. The SMILES string of the molecule is Cc1cc(F)c2c(c1)C(C)(C)/C(=C\C=C\c1cc(C(C)(C)C)oc3cc(=[N+](C)C)ccc1-3)N2CCCCCC(=O)O. The van der Waals surface area contributed by atoms with Crippen LogP contribution in [0.2, 0.25) is 0 Å². The minimum atomic E-state index is -0.779. The van der Waals surface area contributed by atoms with E-state index in [9.17, 15) is 4.79 Å². The van der Waals surface area contributed by atoms with Crippen LogP contribution in [-0.2, 0) is 15.6 Å². The van der Waals surface area contributed by atoms with E-state index in [1.54, 1.807) is 6.07 Å². The number of hydrogen-bond acceptors (Lipinski definition) is 3. The van der Waals surface area contributed by atoms with Crippen molar-refractivity contribution in [2.24, 2.45) is 0 Å². The lowest BCUT2D eigenvalue weighted by Crippen LogP contribution is -2.27. The Balaban J connectivity index is 1.76. The number of rotatable bonds is 8. The van der Waals surface area contributed by atoms with Gasteiger partial charge in [-0.25, -0.2) is 8.97 Å². The van der Waals surface area contributed by atoms with Crippen LogP contribution in [0, 0.1) is 12.7 Å². The zero-order valence-electron chi connectivity index (χ0n) is 25.8. The highest BCUT2D eigenvalue weighted by atomic mass is 19.1. The monoisotopic (exact) mass is 559 g/mol. The summed E-state index contributed by atoms with van der Waals surface area (Å²) >= 11 is 0. The molecule has 1 aromatic rings. The molecule has 0 spiro atoms. The Kier molecular flexibility index (Phi) is 8.62. The Labute approximate surface area is 243 Å². The van der Waals surface area contributed by atoms with Crippen molar-refractivity contribution in [3.63, 3.8) is 0 Å². The Morgan fingerprint density at radius 3 is 2.49 bits per heavy atom. The van der Waals surface area contributed by atoms with Crippen molar-refractivity contribution in [3.05, 3.63) is 87.9 Å². The van der Waals surface area contributed by atoms with Gasteiger partial charge < -0.3 is 14.4 Å². The summed E-state index contributed by atoms with van der Waals surface area (Å²) in [6.45, 7) is 13.3. The number of aliphatic carboxylic acids is 1. The number of carboxylic acids is 1. The highest BCUT2D eigenvalue weighted by molar-refractivity contribution is 5.75. The lowest BCUT2D eigenvalue weighted by atomic mass is 9.83. The molecule has 1 N–H and O–H groups in total. The number of nitrogens with zero attached hydrogens (tertiary/aromatic N) is 2. The molecule has 218 valence electrons. The highest BCUT2D eigenvalue weighted by Crippen LogP contribution is 2.49. The van der Waals surface area contributed by atoms with Crippen molar-refractivity contribution < 1.29 is 18.7 Å². The minimum Gasteiger partial charge on any atom is -0.481 e. The topological polar surface area (TPSA) is 56.7 Å². The molecule has 0 radical (unpaired) electrons. The number of carbonyl (C=O) groups is 1. The molecule has 0 amide bonds. The molecule has 0 bridgehead atoms. The third-order valence-electron chi connectivity index (χ3n) is 7.92. The van der Waals surface area contributed by atoms with E-state index in [1.807, 2.05) is 21.0 Å². The number of anilines is 1. The van der Waals surface area contributed by atoms with Gasteiger partial charge in [-0.05, 0) is 60.7 Å². The molecular weight excluding hydrogens is 515 g/mol. The molecular formula is C35H44FN2O3+. The Hall–Kier alpha value is -3.67. The van der Waals surface area contributed by atoms with Crippen LogP contribution in [0.3, 0.4) is 0 Å². The molecule has 5 nitrogen and oxygen atoms in total. The first-order chi connectivity index (χ1) is 19.2. The molecule has 1 aromatic carbocycles. The van der Waals surface area contributed by atoms with Gasteiger partial charge in [-0.1, -0.05) is 59.3 Å². The number of halogens is 1. The minimum absolute atomic E-state index is 0.158. The van der Waals surface area contributed by atoms with Crippen LogP contribution in [0.25, 0.3) is 17.4 Å². The van der Waals surface area contributed by atoms with E-state index in [0.29, 0.717) is 18.7 Å². The van der Waals surface area contributed by atoms with Gasteiger partial charge in [0.2, 0.25) is 5.36 Å². The second kappa shape index (κ2) is 11.7. The summed E-state index contributed by atoms with van der Waals surface area (Å²) in [5.41, 5.74) is 5.09. The second-order valence-electron chi connectivity index (χ2n) is 12.9. The molecule has 6 heteroatoms. The summed E-state index contributed by atoms with van der Waals surface area (Å²) in [6.07, 6.45) is 8.61. The lowest BCUT2D eigenvalue weighted by Gasteiger charge is -2.27. The quantitative estimate of drug-likeness (QED) is 0.229. The van der Waals surface area contributed by atoms with E-state index in [2.05, 4.69) is 92.7 Å². The van der Waals surface area contributed by atoms with Crippen molar-refractivity contribution >= 4 is 17.7 Å². The first-order valence-corrected chi connectivity index (χ1v) is 14.5. The maximum absolute atomic E-state index is 15.4. The number of hydrogen-bond donors (Lipinski definition) is 1. The van der Waals surface area contributed by atoms with Crippen molar-refractivity contribution in [1.29, 1.82) is 0 Å². The van der Waals surface area contributed by atoms with Crippen LogP contribution in [0.15, 0.2) is 58.7 Å². The average Bonchev–Trinajstić information content (AvgIpc) is 3.08. The Morgan fingerprint density at radius 2 is 1.83 bits per heavy atom. The van der Waals surface area contributed by atoms with Gasteiger partial charge in [-0.15, -0.1) is 0 Å². The molecule has 2 heterocycles. The zero-order valence-corrected chi connectivity index (χ0v) is 25.8. The summed E-state index contributed by atoms with van der Waals surface area (Å²) in [7, 11) is 4.04. The lowest BCUT2D eigenvalue weighted by molar-refractivity contribution is -0.137. The standard InChI is InChI=1S/C35H43FN2O3/c1-23-19-27-33(28(36)20-23)38(18-11-9-10-15-32(39)40)30(35(27,5)6)14-12-13-24-21-31(34(2,3)4)41-29-22-25(37(7)8)16-17-26(24)29/h12-14,16-17,19-22H,9-11,15,18H2,1-8H3/p+1. The normalized spacial score (nSPS) is 15.7. The fourth-order valence-corrected chi connectivity index (χ4v) is 5.56. The zero-order chi connectivity index (χ0) is 30.1. The third kappa shape index (κ3) is 6.47. The van der Waals surface area contributed by atoms with E-state index in [1.165, 1.54) is 0 Å². The molecule has 41 heavy (non-hydrogen) atoms. The molecule has 3 aliphatic rings. The first kappa shape index (κ1) is 30.3. The van der Waals surface area contributed by atoms with Gasteiger partial charge in [0.25, 0.3) is 0 Å². The van der Waals surface area contributed by atoms with Gasteiger partial charge in [-0.3, -0.25) is 4.79 Å². The predicted octanol–water partition coefficient (Wildman–Crippen LogP) is 7.50. The summed E-state index contributed by atoms with van der Waals surface area (Å²) in [5.74, 6) is 0.749. The van der Waals surface area contributed by atoms with Crippen LogP contribution in [0.4, 0.5) is 10.1 Å². The molecule has 0 unspecified atom stereocenters. The summed E-state index contributed by atoms with van der Waals surface area (Å²) < 4.78 is 23.9. The van der Waals surface area contributed by atoms with E-state index >= 15 is 4.39 Å². The Bertz CT molecular complexity index is 1550. The van der Waals surface area contributed by atoms with Crippen LogP contribution < -0.4 is 14.8 Å². The summed E-state index contributed by atoms with van der Waals surface area (Å²) in [5, 5.41) is 10.1. The average molecular weight is 560 g/mol. The fraction of sp³-hybridized carbons (Fsp3) is 0.429. The van der Waals surface area contributed by atoms with Crippen LogP contribution >= 0.6 is 0 Å². The number of carboxylic acid groups (broad SMARTS) is 1. The molecule has 0 saturated heterocycles. The predicted molar refractivity (Wildman–Crippen MR) is 166 cm³/mol. The summed E-state index contributed by atoms with van der Waals surface area (Å²) in [4.78, 5) is 13.0. The van der Waals surface area contributed by atoms with Crippen molar-refractivity contribution in [2.75, 3.05) is 25.5 Å². The number of unbranched alkanes of at least 4 members (excludes halogenated alkanes) is 2. The molecule has 0 saturated carbocycles. The molecule has 1 aliphatic carbocycles. The highest BCUT2D eigenvalue weighted by Gasteiger charge is 2.41. The maximum atomic E-state index is 15.4. The van der Waals surface area contributed by atoms with Gasteiger partial charge in [0, 0.05) is 41.1 Å². The second-order valence-corrected chi connectivity index (χ2v) is 12.9. The first-order valence-electron chi connectivity index (χ1n) is 14.5. The smallest absolute Gasteiger partial charge is 0.303 e. The van der Waals surface area contributed by atoms with Crippen molar-refractivity contribution in [1.82, 2.24) is 4.58 Å². The molecule has 2 aliphatic heterocycles. The van der Waals surface area contributed by atoms with E-state index < -0.39 is 11.4 Å². The van der Waals surface area contributed by atoms with Crippen LogP contribution in [0.1, 0.15) is 82.8 Å². The summed E-state index contributed by atoms with van der Waals surface area (Å²) in [6, 6.07) is 12.1. The number of allylic oxidation sites excluding steroid dienone is 3. The van der Waals surface area contributed by atoms with Crippen LogP contribution in [0.5, 0.6) is 0 Å². The van der Waals surface area contributed by atoms with Gasteiger partial charge in [-0.2, -0.15) is 0 Å². The largest absolute Gasteiger partial charge is 0.481 e. The van der Waals surface area contributed by atoms with Gasteiger partial charge in [0.05, 0.1) is 11.8 Å². The number of fused-ring (bicyclic) bond motifs is 2. The van der Waals surface area contributed by atoms with E-state index in [-0.39, 0.29) is 17.7 Å².